The molecule has 14 heavy (non-hydrogen) atoms. The normalized spacial score (nSPS) is 12.6. The van der Waals surface area contributed by atoms with E-state index in [1.807, 2.05) is 32.0 Å². The lowest BCUT2D eigenvalue weighted by Crippen LogP contribution is -2.41. The molecule has 0 aliphatic heterocycles. The standard InChI is InChI=1S/C9H14N4S/c1-7(13(2)3)12-9(14)8-4-5-10-11-6-8/h4-7H,1-3H3,(H,12,14). The van der Waals surface area contributed by atoms with E-state index in [1.54, 1.807) is 12.4 Å². The number of aromatic nitrogens is 2. The van der Waals surface area contributed by atoms with Crippen LogP contribution in [0.5, 0.6) is 0 Å². The van der Waals surface area contributed by atoms with Crippen molar-refractivity contribution in [2.45, 2.75) is 13.1 Å². The van der Waals surface area contributed by atoms with Gasteiger partial charge in [-0.2, -0.15) is 10.2 Å². The number of rotatable bonds is 3. The Balaban J connectivity index is 2.60. The molecule has 0 aliphatic rings. The maximum absolute atomic E-state index is 5.21. The highest BCUT2D eigenvalue weighted by Crippen LogP contribution is 1.97. The van der Waals surface area contributed by atoms with E-state index in [4.69, 9.17) is 12.2 Å². The minimum atomic E-state index is 0.204. The van der Waals surface area contributed by atoms with E-state index in [1.165, 1.54) is 0 Å². The highest BCUT2D eigenvalue weighted by atomic mass is 32.1. The maximum Gasteiger partial charge on any atom is 0.109 e. The van der Waals surface area contributed by atoms with Crippen LogP contribution in [0.25, 0.3) is 0 Å². The van der Waals surface area contributed by atoms with Gasteiger partial charge in [0.05, 0.1) is 18.6 Å². The molecule has 0 saturated heterocycles. The molecule has 0 radical (unpaired) electrons. The van der Waals surface area contributed by atoms with Crippen LogP contribution in [0.2, 0.25) is 0 Å². The predicted octanol–water partition coefficient (Wildman–Crippen LogP) is 0.649. The Labute approximate surface area is 89.3 Å². The highest BCUT2D eigenvalue weighted by Gasteiger charge is 2.07. The molecule has 0 bridgehead atoms. The van der Waals surface area contributed by atoms with Gasteiger partial charge in [0, 0.05) is 5.56 Å². The molecular weight excluding hydrogens is 196 g/mol. The predicted molar refractivity (Wildman–Crippen MR) is 60.0 cm³/mol. The van der Waals surface area contributed by atoms with Gasteiger partial charge in [0.1, 0.15) is 4.99 Å². The van der Waals surface area contributed by atoms with Gasteiger partial charge in [-0.05, 0) is 27.1 Å². The second-order valence-corrected chi connectivity index (χ2v) is 3.65. The summed E-state index contributed by atoms with van der Waals surface area (Å²) in [6.45, 7) is 2.04. The van der Waals surface area contributed by atoms with Crippen LogP contribution in [-0.2, 0) is 0 Å². The summed E-state index contributed by atoms with van der Waals surface area (Å²) < 4.78 is 0. The molecule has 0 aliphatic carbocycles. The lowest BCUT2D eigenvalue weighted by molar-refractivity contribution is 0.297. The first kappa shape index (κ1) is 11.0. The van der Waals surface area contributed by atoms with Crippen molar-refractivity contribution >= 4 is 17.2 Å². The number of hydrogen-bond acceptors (Lipinski definition) is 4. The molecule has 1 unspecified atom stereocenters. The summed E-state index contributed by atoms with van der Waals surface area (Å²) in [6.07, 6.45) is 3.48. The third-order valence-corrected chi connectivity index (χ3v) is 2.31. The highest BCUT2D eigenvalue weighted by molar-refractivity contribution is 7.80. The van der Waals surface area contributed by atoms with E-state index >= 15 is 0 Å². The maximum atomic E-state index is 5.21. The van der Waals surface area contributed by atoms with Gasteiger partial charge < -0.3 is 5.32 Å². The molecule has 1 aromatic heterocycles. The largest absolute Gasteiger partial charge is 0.361 e. The van der Waals surface area contributed by atoms with Gasteiger partial charge in [0.2, 0.25) is 0 Å². The van der Waals surface area contributed by atoms with Gasteiger partial charge in [0.15, 0.2) is 0 Å². The summed E-state index contributed by atoms with van der Waals surface area (Å²) in [5.74, 6) is 0. The molecule has 5 heteroatoms. The first-order valence-corrected chi connectivity index (χ1v) is 4.76. The van der Waals surface area contributed by atoms with Gasteiger partial charge in [-0.15, -0.1) is 0 Å². The number of nitrogens with zero attached hydrogens (tertiary/aromatic N) is 3. The van der Waals surface area contributed by atoms with Crippen molar-refractivity contribution in [2.24, 2.45) is 0 Å². The van der Waals surface area contributed by atoms with Crippen molar-refractivity contribution in [3.8, 4) is 0 Å². The van der Waals surface area contributed by atoms with Gasteiger partial charge in [-0.25, -0.2) is 0 Å². The summed E-state index contributed by atoms with van der Waals surface area (Å²) in [5.41, 5.74) is 0.892. The summed E-state index contributed by atoms with van der Waals surface area (Å²) in [5, 5.41) is 10.6. The van der Waals surface area contributed by atoms with Gasteiger partial charge >= 0.3 is 0 Å². The minimum Gasteiger partial charge on any atom is -0.361 e. The monoisotopic (exact) mass is 210 g/mol. The summed E-state index contributed by atoms with van der Waals surface area (Å²) in [7, 11) is 3.98. The lowest BCUT2D eigenvalue weighted by atomic mass is 10.3. The molecule has 1 N–H and O–H groups in total. The van der Waals surface area contributed by atoms with Gasteiger partial charge in [-0.3, -0.25) is 4.90 Å². The van der Waals surface area contributed by atoms with E-state index < -0.39 is 0 Å². The third-order valence-electron chi connectivity index (χ3n) is 1.96. The molecule has 0 amide bonds. The molecule has 0 aromatic carbocycles. The fourth-order valence-corrected chi connectivity index (χ4v) is 1.12. The summed E-state index contributed by atoms with van der Waals surface area (Å²) in [4.78, 5) is 2.74. The van der Waals surface area contributed by atoms with E-state index in [0.717, 1.165) is 5.56 Å². The Bertz CT molecular complexity index is 299. The number of nitrogens with one attached hydrogen (secondary N) is 1. The lowest BCUT2D eigenvalue weighted by Gasteiger charge is -2.22. The molecule has 0 saturated carbocycles. The first-order chi connectivity index (χ1) is 6.61. The van der Waals surface area contributed by atoms with Crippen molar-refractivity contribution in [1.29, 1.82) is 0 Å². The van der Waals surface area contributed by atoms with Crippen molar-refractivity contribution in [3.63, 3.8) is 0 Å². The van der Waals surface area contributed by atoms with Crippen LogP contribution in [0, 0.1) is 0 Å². The molecule has 1 rings (SSSR count). The minimum absolute atomic E-state index is 0.204. The van der Waals surface area contributed by atoms with E-state index in [2.05, 4.69) is 15.5 Å². The van der Waals surface area contributed by atoms with Crippen molar-refractivity contribution < 1.29 is 0 Å². The number of hydrogen-bond donors (Lipinski definition) is 1. The van der Waals surface area contributed by atoms with Crippen LogP contribution in [0.3, 0.4) is 0 Å². The van der Waals surface area contributed by atoms with Gasteiger partial charge in [0.25, 0.3) is 0 Å². The average molecular weight is 210 g/mol. The smallest absolute Gasteiger partial charge is 0.109 e. The Morgan fingerprint density at radius 1 is 1.50 bits per heavy atom. The molecule has 1 aromatic rings. The third kappa shape index (κ3) is 3.01. The molecular formula is C9H14N4S. The van der Waals surface area contributed by atoms with Crippen molar-refractivity contribution in [3.05, 3.63) is 24.0 Å². The molecule has 0 spiro atoms. The van der Waals surface area contributed by atoms with Gasteiger partial charge in [-0.1, -0.05) is 12.2 Å². The molecule has 76 valence electrons. The Morgan fingerprint density at radius 3 is 2.71 bits per heavy atom. The van der Waals surface area contributed by atoms with E-state index in [-0.39, 0.29) is 6.17 Å². The van der Waals surface area contributed by atoms with Crippen molar-refractivity contribution in [1.82, 2.24) is 20.4 Å². The van der Waals surface area contributed by atoms with Crippen LogP contribution >= 0.6 is 12.2 Å². The fourth-order valence-electron chi connectivity index (χ4n) is 0.827. The van der Waals surface area contributed by atoms with E-state index in [9.17, 15) is 0 Å². The molecule has 1 heterocycles. The van der Waals surface area contributed by atoms with Crippen molar-refractivity contribution in [2.75, 3.05) is 14.1 Å². The Hall–Kier alpha value is -1.07. The Morgan fingerprint density at radius 2 is 2.21 bits per heavy atom. The van der Waals surface area contributed by atoms with Crippen LogP contribution in [-0.4, -0.2) is 40.3 Å². The quantitative estimate of drug-likeness (QED) is 0.586. The fraction of sp³-hybridized carbons (Fsp3) is 0.444. The van der Waals surface area contributed by atoms with E-state index in [0.29, 0.717) is 4.99 Å². The molecule has 4 nitrogen and oxygen atoms in total. The van der Waals surface area contributed by atoms with Crippen LogP contribution in [0.1, 0.15) is 12.5 Å². The van der Waals surface area contributed by atoms with Crippen LogP contribution in [0.4, 0.5) is 0 Å². The Kier molecular flexibility index (Phi) is 3.91. The van der Waals surface area contributed by atoms with Crippen LogP contribution in [0.15, 0.2) is 18.5 Å². The summed E-state index contributed by atoms with van der Waals surface area (Å²) in [6, 6.07) is 1.84. The van der Waals surface area contributed by atoms with Crippen LogP contribution < -0.4 is 5.32 Å². The first-order valence-electron chi connectivity index (χ1n) is 4.35. The average Bonchev–Trinajstić information content (AvgIpc) is 2.19. The SMILES string of the molecule is CC(NC(=S)c1ccnnc1)N(C)C. The second kappa shape index (κ2) is 4.97. The zero-order valence-corrected chi connectivity index (χ0v) is 9.38. The zero-order chi connectivity index (χ0) is 10.6. The number of thiocarbonyl (C=S) groups is 1. The zero-order valence-electron chi connectivity index (χ0n) is 8.56. The second-order valence-electron chi connectivity index (χ2n) is 3.24. The molecule has 0 fully saturated rings. The topological polar surface area (TPSA) is 41.1 Å². The molecule has 1 atom stereocenters. The summed E-state index contributed by atoms with van der Waals surface area (Å²) >= 11 is 5.21.